The van der Waals surface area contributed by atoms with Crippen LogP contribution in [0.4, 0.5) is 0 Å². The minimum atomic E-state index is 0.157. The maximum absolute atomic E-state index is 8.96. The van der Waals surface area contributed by atoms with Gasteiger partial charge in [0.2, 0.25) is 0 Å². The Morgan fingerprint density at radius 3 is 2.79 bits per heavy atom. The average Bonchev–Trinajstić information content (AvgIpc) is 2.20. The van der Waals surface area contributed by atoms with Crippen LogP contribution in [-0.2, 0) is 6.42 Å². The first-order valence-corrected chi connectivity index (χ1v) is 5.03. The molecule has 0 spiro atoms. The third kappa shape index (κ3) is 2.30. The normalized spacial score (nSPS) is 9.93. The van der Waals surface area contributed by atoms with Gasteiger partial charge in [-0.2, -0.15) is 0 Å². The van der Waals surface area contributed by atoms with Crippen molar-refractivity contribution in [3.63, 3.8) is 0 Å². The van der Waals surface area contributed by atoms with Crippen LogP contribution in [0.1, 0.15) is 16.7 Å². The van der Waals surface area contributed by atoms with Crippen molar-refractivity contribution >= 4 is 17.2 Å². The molecule has 0 atom stereocenters. The zero-order valence-corrected chi connectivity index (χ0v) is 9.32. The SMILES string of the molecule is CNC(=S)c1cccc(C)c1CCO. The highest BCUT2D eigenvalue weighted by Gasteiger charge is 2.07. The van der Waals surface area contributed by atoms with Gasteiger partial charge in [-0.3, -0.25) is 0 Å². The van der Waals surface area contributed by atoms with Gasteiger partial charge in [-0.15, -0.1) is 0 Å². The summed E-state index contributed by atoms with van der Waals surface area (Å²) in [6.45, 7) is 2.19. The quantitative estimate of drug-likeness (QED) is 0.739. The number of hydrogen-bond acceptors (Lipinski definition) is 2. The molecule has 0 aliphatic carbocycles. The van der Waals surface area contributed by atoms with Crippen LogP contribution < -0.4 is 5.32 Å². The summed E-state index contributed by atoms with van der Waals surface area (Å²) < 4.78 is 0. The number of rotatable bonds is 3. The fraction of sp³-hybridized carbons (Fsp3) is 0.364. The van der Waals surface area contributed by atoms with Crippen LogP contribution in [0.2, 0.25) is 0 Å². The molecule has 1 aromatic carbocycles. The molecule has 1 aromatic rings. The van der Waals surface area contributed by atoms with Crippen LogP contribution in [0, 0.1) is 6.92 Å². The lowest BCUT2D eigenvalue weighted by Gasteiger charge is -2.12. The van der Waals surface area contributed by atoms with E-state index in [1.54, 1.807) is 0 Å². The smallest absolute Gasteiger partial charge is 0.106 e. The second-order valence-corrected chi connectivity index (χ2v) is 3.56. The molecule has 2 nitrogen and oxygen atoms in total. The molecule has 0 aliphatic heterocycles. The maximum atomic E-state index is 8.96. The Labute approximate surface area is 90.0 Å². The van der Waals surface area contributed by atoms with Crippen LogP contribution in [0.15, 0.2) is 18.2 Å². The van der Waals surface area contributed by atoms with Crippen molar-refractivity contribution < 1.29 is 5.11 Å². The van der Waals surface area contributed by atoms with Crippen molar-refractivity contribution in [3.8, 4) is 0 Å². The van der Waals surface area contributed by atoms with E-state index in [0.717, 1.165) is 16.1 Å². The first-order chi connectivity index (χ1) is 6.70. The highest BCUT2D eigenvalue weighted by molar-refractivity contribution is 7.80. The van der Waals surface area contributed by atoms with Gasteiger partial charge in [0.1, 0.15) is 4.99 Å². The average molecular weight is 209 g/mol. The van der Waals surface area contributed by atoms with E-state index in [9.17, 15) is 0 Å². The van der Waals surface area contributed by atoms with Crippen LogP contribution in [-0.4, -0.2) is 23.7 Å². The predicted octanol–water partition coefficient (Wildman–Crippen LogP) is 1.42. The number of benzene rings is 1. The highest BCUT2D eigenvalue weighted by atomic mass is 32.1. The summed E-state index contributed by atoms with van der Waals surface area (Å²) in [4.78, 5) is 0.733. The molecule has 0 heterocycles. The molecule has 0 fully saturated rings. The van der Waals surface area contributed by atoms with Gasteiger partial charge in [0, 0.05) is 19.2 Å². The minimum Gasteiger partial charge on any atom is -0.396 e. The fourth-order valence-electron chi connectivity index (χ4n) is 1.49. The lowest BCUT2D eigenvalue weighted by Crippen LogP contribution is -2.19. The molecule has 0 aromatic heterocycles. The molecular weight excluding hydrogens is 194 g/mol. The predicted molar refractivity (Wildman–Crippen MR) is 62.7 cm³/mol. The number of nitrogens with one attached hydrogen (secondary N) is 1. The van der Waals surface area contributed by atoms with Gasteiger partial charge in [-0.25, -0.2) is 0 Å². The second kappa shape index (κ2) is 5.08. The van der Waals surface area contributed by atoms with Gasteiger partial charge in [0.05, 0.1) is 0 Å². The first kappa shape index (κ1) is 11.1. The van der Waals surface area contributed by atoms with Crippen LogP contribution in [0.5, 0.6) is 0 Å². The van der Waals surface area contributed by atoms with Gasteiger partial charge in [-0.05, 0) is 24.5 Å². The molecule has 3 heteroatoms. The molecule has 14 heavy (non-hydrogen) atoms. The molecular formula is C11H15NOS. The lowest BCUT2D eigenvalue weighted by atomic mass is 9.99. The van der Waals surface area contributed by atoms with E-state index in [4.69, 9.17) is 17.3 Å². The van der Waals surface area contributed by atoms with Crippen LogP contribution in [0.3, 0.4) is 0 Å². The van der Waals surface area contributed by atoms with Crippen LogP contribution in [0.25, 0.3) is 0 Å². The van der Waals surface area contributed by atoms with E-state index in [1.165, 1.54) is 5.56 Å². The zero-order chi connectivity index (χ0) is 10.6. The lowest BCUT2D eigenvalue weighted by molar-refractivity contribution is 0.299. The number of aliphatic hydroxyl groups is 1. The molecule has 0 aliphatic rings. The molecule has 2 N–H and O–H groups in total. The molecule has 0 saturated heterocycles. The van der Waals surface area contributed by atoms with E-state index in [-0.39, 0.29) is 6.61 Å². The van der Waals surface area contributed by atoms with E-state index >= 15 is 0 Å². The van der Waals surface area contributed by atoms with Crippen molar-refractivity contribution in [3.05, 3.63) is 34.9 Å². The summed E-state index contributed by atoms with van der Waals surface area (Å²) in [5.41, 5.74) is 3.33. The molecule has 0 saturated carbocycles. The van der Waals surface area contributed by atoms with E-state index < -0.39 is 0 Å². The van der Waals surface area contributed by atoms with Gasteiger partial charge >= 0.3 is 0 Å². The Kier molecular flexibility index (Phi) is 4.04. The number of hydrogen-bond donors (Lipinski definition) is 2. The summed E-state index contributed by atoms with van der Waals surface area (Å²) in [6.07, 6.45) is 0.657. The van der Waals surface area contributed by atoms with Crippen molar-refractivity contribution in [2.45, 2.75) is 13.3 Å². The standard InChI is InChI=1S/C11H15NOS/c1-8-4-3-5-10(11(14)12-2)9(8)6-7-13/h3-5,13H,6-7H2,1-2H3,(H,12,14). The molecule has 1 rings (SSSR count). The van der Waals surface area contributed by atoms with Crippen molar-refractivity contribution in [1.82, 2.24) is 5.32 Å². The third-order valence-electron chi connectivity index (χ3n) is 2.24. The summed E-state index contributed by atoms with van der Waals surface area (Å²) in [5.74, 6) is 0. The maximum Gasteiger partial charge on any atom is 0.106 e. The topological polar surface area (TPSA) is 32.3 Å². The number of aryl methyl sites for hydroxylation is 1. The molecule has 0 amide bonds. The summed E-state index contributed by atoms with van der Waals surface area (Å²) in [5, 5.41) is 11.9. The van der Waals surface area contributed by atoms with Crippen molar-refractivity contribution in [2.75, 3.05) is 13.7 Å². The molecule has 0 radical (unpaired) electrons. The minimum absolute atomic E-state index is 0.157. The zero-order valence-electron chi connectivity index (χ0n) is 8.50. The van der Waals surface area contributed by atoms with Gasteiger partial charge in [0.25, 0.3) is 0 Å². The van der Waals surface area contributed by atoms with Gasteiger partial charge in [-0.1, -0.05) is 30.4 Å². The fourth-order valence-corrected chi connectivity index (χ4v) is 1.68. The Morgan fingerprint density at radius 2 is 2.21 bits per heavy atom. The Hall–Kier alpha value is -0.930. The van der Waals surface area contributed by atoms with Gasteiger partial charge < -0.3 is 10.4 Å². The number of thiocarbonyl (C=S) groups is 1. The monoisotopic (exact) mass is 209 g/mol. The first-order valence-electron chi connectivity index (χ1n) is 4.62. The largest absolute Gasteiger partial charge is 0.396 e. The Morgan fingerprint density at radius 1 is 1.50 bits per heavy atom. The van der Waals surface area contributed by atoms with Crippen molar-refractivity contribution in [1.29, 1.82) is 0 Å². The molecule has 0 bridgehead atoms. The third-order valence-corrected chi connectivity index (χ3v) is 2.67. The Balaban J connectivity index is 3.13. The summed E-state index contributed by atoms with van der Waals surface area (Å²) >= 11 is 5.19. The number of aliphatic hydroxyl groups excluding tert-OH is 1. The molecule has 0 unspecified atom stereocenters. The highest BCUT2D eigenvalue weighted by Crippen LogP contribution is 2.15. The van der Waals surface area contributed by atoms with E-state index in [2.05, 4.69) is 5.32 Å². The van der Waals surface area contributed by atoms with Crippen LogP contribution >= 0.6 is 12.2 Å². The summed E-state index contributed by atoms with van der Waals surface area (Å²) in [7, 11) is 1.81. The van der Waals surface area contributed by atoms with Crippen molar-refractivity contribution in [2.24, 2.45) is 0 Å². The van der Waals surface area contributed by atoms with E-state index in [0.29, 0.717) is 6.42 Å². The summed E-state index contributed by atoms with van der Waals surface area (Å²) in [6, 6.07) is 6.00. The van der Waals surface area contributed by atoms with Gasteiger partial charge in [0.15, 0.2) is 0 Å². The second-order valence-electron chi connectivity index (χ2n) is 3.15. The molecule has 76 valence electrons. The Bertz CT molecular complexity index is 336. The van der Waals surface area contributed by atoms with E-state index in [1.807, 2.05) is 32.2 Å².